The minimum atomic E-state index is -0.440. The molecule has 0 radical (unpaired) electrons. The molecular formula is C25H24FN4O3+. The van der Waals surface area contributed by atoms with Crippen LogP contribution in [-0.4, -0.2) is 45.2 Å². The second-order valence-corrected chi connectivity index (χ2v) is 8.01. The molecule has 0 spiro atoms. The van der Waals surface area contributed by atoms with E-state index in [4.69, 9.17) is 0 Å². The molecule has 2 heterocycles. The zero-order chi connectivity index (χ0) is 23.5. The third-order valence-corrected chi connectivity index (χ3v) is 5.21. The van der Waals surface area contributed by atoms with Gasteiger partial charge in [0.15, 0.2) is 5.75 Å². The van der Waals surface area contributed by atoms with E-state index in [9.17, 15) is 19.4 Å². The van der Waals surface area contributed by atoms with Gasteiger partial charge in [0.2, 0.25) is 5.69 Å². The number of aromatic hydroxyl groups is 1. The number of aliphatic hydroxyl groups excluding tert-OH is 1. The Bertz CT molecular complexity index is 1310. The van der Waals surface area contributed by atoms with Gasteiger partial charge < -0.3 is 10.2 Å². The zero-order valence-electron chi connectivity index (χ0n) is 18.3. The summed E-state index contributed by atoms with van der Waals surface area (Å²) in [5.41, 5.74) is 5.25. The van der Waals surface area contributed by atoms with E-state index in [1.54, 1.807) is 61.7 Å². The first-order chi connectivity index (χ1) is 15.9. The monoisotopic (exact) mass is 447 g/mol. The Morgan fingerprint density at radius 1 is 1.03 bits per heavy atom. The van der Waals surface area contributed by atoms with Crippen molar-refractivity contribution in [3.63, 3.8) is 0 Å². The Kier molecular flexibility index (Phi) is 6.41. The van der Waals surface area contributed by atoms with Crippen LogP contribution < -0.4 is 5.43 Å². The first-order valence-corrected chi connectivity index (χ1v) is 10.4. The minimum Gasteiger partial charge on any atom is -0.504 e. The molecule has 0 aliphatic rings. The number of rotatable bonds is 6. The van der Waals surface area contributed by atoms with E-state index >= 15 is 0 Å². The molecule has 7 nitrogen and oxygen atoms in total. The van der Waals surface area contributed by atoms with Gasteiger partial charge in [-0.15, -0.1) is 0 Å². The van der Waals surface area contributed by atoms with E-state index in [2.05, 4.69) is 9.97 Å². The molecule has 2 aromatic carbocycles. The van der Waals surface area contributed by atoms with Gasteiger partial charge in [-0.1, -0.05) is 36.4 Å². The topological polar surface area (TPSA) is 103 Å². The molecule has 0 saturated heterocycles. The lowest BCUT2D eigenvalue weighted by Crippen LogP contribution is -2.95. The maximum Gasteiger partial charge on any atom is 0.384 e. The number of nitrogens with zero attached hydrogens (tertiary/aromatic N) is 3. The van der Waals surface area contributed by atoms with Gasteiger partial charge in [0.1, 0.15) is 11.3 Å². The van der Waals surface area contributed by atoms with Gasteiger partial charge in [-0.25, -0.2) is 14.2 Å². The largest absolute Gasteiger partial charge is 0.504 e. The molecule has 0 saturated carbocycles. The van der Waals surface area contributed by atoms with E-state index in [1.165, 1.54) is 17.6 Å². The van der Waals surface area contributed by atoms with Crippen LogP contribution in [0.1, 0.15) is 27.2 Å². The molecule has 4 rings (SSSR count). The fourth-order valence-electron chi connectivity index (χ4n) is 3.60. The average Bonchev–Trinajstić information content (AvgIpc) is 2.80. The number of aromatic nitrogens is 2. The van der Waals surface area contributed by atoms with Gasteiger partial charge in [-0.05, 0) is 41.3 Å². The quantitative estimate of drug-likeness (QED) is 0.310. The Labute approximate surface area is 190 Å². The number of carbonyl (C=O) groups excluding carboxylic acids is 1. The average molecular weight is 447 g/mol. The summed E-state index contributed by atoms with van der Waals surface area (Å²) >= 11 is 0. The standard InChI is InChI=1S/C25H23FN4O3/c1-30(2)29-25(33)23-24(32)22-20(21(28-23)18-7-3-16(14-31)4-8-18)12-17(13-27-22)11-15-5-9-19(26)10-6-15/h3-10,12-13,31-32H,11,14H2,1-2H3,(H,29,33)/p+1. The van der Waals surface area contributed by atoms with Crippen LogP contribution in [0.2, 0.25) is 0 Å². The van der Waals surface area contributed by atoms with E-state index in [1.807, 2.05) is 6.07 Å². The summed E-state index contributed by atoms with van der Waals surface area (Å²) in [4.78, 5) is 21.7. The van der Waals surface area contributed by atoms with Crippen LogP contribution in [0.15, 0.2) is 60.8 Å². The van der Waals surface area contributed by atoms with Gasteiger partial charge in [0.05, 0.1) is 12.3 Å². The van der Waals surface area contributed by atoms with Crippen LogP contribution in [0.5, 0.6) is 5.75 Å². The Balaban J connectivity index is 1.87. The summed E-state index contributed by atoms with van der Waals surface area (Å²) in [6.07, 6.45) is 2.15. The van der Waals surface area contributed by atoms with Crippen LogP contribution in [0, 0.1) is 5.82 Å². The molecule has 0 bridgehead atoms. The summed E-state index contributed by atoms with van der Waals surface area (Å²) in [7, 11) is 3.43. The second kappa shape index (κ2) is 9.41. The van der Waals surface area contributed by atoms with E-state index in [0.29, 0.717) is 17.5 Å². The van der Waals surface area contributed by atoms with E-state index < -0.39 is 5.91 Å². The third-order valence-electron chi connectivity index (χ3n) is 5.21. The fourth-order valence-corrected chi connectivity index (χ4v) is 3.60. The SMILES string of the molecule is CN(C)[NH2+]C(=O)c1nc(-c2ccc(CO)cc2)c2cc(Cc3ccc(F)cc3)cnc2c1O. The van der Waals surface area contributed by atoms with Crippen molar-refractivity contribution >= 4 is 16.8 Å². The molecule has 0 unspecified atom stereocenters. The molecule has 8 heteroatoms. The normalized spacial score (nSPS) is 11.3. The highest BCUT2D eigenvalue weighted by atomic mass is 19.1. The van der Waals surface area contributed by atoms with Gasteiger partial charge in [0, 0.05) is 31.2 Å². The predicted octanol–water partition coefficient (Wildman–Crippen LogP) is 2.40. The zero-order valence-corrected chi connectivity index (χ0v) is 18.3. The molecule has 33 heavy (non-hydrogen) atoms. The maximum absolute atomic E-state index is 13.3. The molecular weight excluding hydrogens is 423 g/mol. The first-order valence-electron chi connectivity index (χ1n) is 10.4. The molecule has 2 aromatic heterocycles. The lowest BCUT2D eigenvalue weighted by atomic mass is 10.00. The summed E-state index contributed by atoms with van der Waals surface area (Å²) in [5.74, 6) is -1.02. The number of carbonyl (C=O) groups is 1. The first kappa shape index (κ1) is 22.5. The van der Waals surface area contributed by atoms with E-state index in [-0.39, 0.29) is 29.4 Å². The van der Waals surface area contributed by atoms with Crippen LogP contribution >= 0.6 is 0 Å². The van der Waals surface area contributed by atoms with Crippen molar-refractivity contribution < 1.29 is 24.8 Å². The maximum atomic E-state index is 13.3. The number of halogens is 1. The van der Waals surface area contributed by atoms with Crippen LogP contribution in [-0.2, 0) is 13.0 Å². The van der Waals surface area contributed by atoms with Gasteiger partial charge in [0.25, 0.3) is 0 Å². The van der Waals surface area contributed by atoms with Crippen molar-refractivity contribution in [2.45, 2.75) is 13.0 Å². The number of benzene rings is 2. The molecule has 0 fully saturated rings. The van der Waals surface area contributed by atoms with Gasteiger partial charge in [-0.2, -0.15) is 10.4 Å². The summed E-state index contributed by atoms with van der Waals surface area (Å²) in [6, 6.07) is 15.3. The number of pyridine rings is 2. The number of fused-ring (bicyclic) bond motifs is 1. The van der Waals surface area contributed by atoms with Crippen molar-refractivity contribution in [1.29, 1.82) is 0 Å². The Morgan fingerprint density at radius 3 is 2.33 bits per heavy atom. The fraction of sp³-hybridized carbons (Fsp3) is 0.160. The van der Waals surface area contributed by atoms with Crippen LogP contribution in [0.4, 0.5) is 4.39 Å². The number of hydrogen-bond acceptors (Lipinski definition) is 6. The lowest BCUT2D eigenvalue weighted by Gasteiger charge is -2.13. The number of quaternary nitrogens is 1. The van der Waals surface area contributed by atoms with Crippen LogP contribution in [0.3, 0.4) is 0 Å². The highest BCUT2D eigenvalue weighted by Crippen LogP contribution is 2.34. The number of aliphatic hydroxyl groups is 1. The van der Waals surface area contributed by atoms with Crippen molar-refractivity contribution in [2.24, 2.45) is 0 Å². The number of amides is 1. The molecule has 4 aromatic rings. The highest BCUT2D eigenvalue weighted by Gasteiger charge is 2.24. The van der Waals surface area contributed by atoms with E-state index in [0.717, 1.165) is 22.3 Å². The summed E-state index contributed by atoms with van der Waals surface area (Å²) in [6.45, 7) is -0.0884. The molecule has 0 aliphatic heterocycles. The minimum absolute atomic E-state index is 0.0868. The molecule has 0 aliphatic carbocycles. The Hall–Kier alpha value is -3.72. The third kappa shape index (κ3) is 4.88. The molecule has 168 valence electrons. The van der Waals surface area contributed by atoms with Crippen LogP contribution in [0.25, 0.3) is 22.2 Å². The summed E-state index contributed by atoms with van der Waals surface area (Å²) in [5, 5.41) is 22.4. The number of hydrogen-bond donors (Lipinski definition) is 3. The summed E-state index contributed by atoms with van der Waals surface area (Å²) < 4.78 is 13.3. The predicted molar refractivity (Wildman–Crippen MR) is 122 cm³/mol. The second-order valence-electron chi connectivity index (χ2n) is 8.01. The number of primary amides is 1. The smallest absolute Gasteiger partial charge is 0.384 e. The van der Waals surface area contributed by atoms with Crippen molar-refractivity contribution in [3.05, 3.63) is 89.0 Å². The van der Waals surface area contributed by atoms with Crippen molar-refractivity contribution in [1.82, 2.24) is 15.0 Å². The molecule has 0 atom stereocenters. The van der Waals surface area contributed by atoms with Crippen molar-refractivity contribution in [2.75, 3.05) is 14.1 Å². The van der Waals surface area contributed by atoms with Gasteiger partial charge >= 0.3 is 5.91 Å². The Morgan fingerprint density at radius 2 is 1.70 bits per heavy atom. The highest BCUT2D eigenvalue weighted by molar-refractivity contribution is 6.02. The number of nitrogens with two attached hydrogens (primary N) is 1. The molecule has 4 N–H and O–H groups in total. The molecule has 1 amide bonds. The van der Waals surface area contributed by atoms with Crippen molar-refractivity contribution in [3.8, 4) is 17.0 Å². The van der Waals surface area contributed by atoms with Gasteiger partial charge in [-0.3, -0.25) is 4.98 Å². The lowest BCUT2D eigenvalue weighted by molar-refractivity contribution is -0.710.